The van der Waals surface area contributed by atoms with Crippen LogP contribution in [0.4, 0.5) is 0 Å². The summed E-state index contributed by atoms with van der Waals surface area (Å²) in [6.45, 7) is 10.6. The van der Waals surface area contributed by atoms with Gasteiger partial charge in [0.25, 0.3) is 0 Å². The molecule has 1 aromatic heterocycles. The maximum atomic E-state index is 13.2. The number of aromatic nitrogens is 1. The van der Waals surface area contributed by atoms with Gasteiger partial charge in [0.05, 0.1) is 0 Å². The molecular weight excluding hydrogens is 408 g/mol. The molecule has 0 bridgehead atoms. The predicted molar refractivity (Wildman–Crippen MR) is 113 cm³/mol. The Hall–Kier alpha value is -1.98. The van der Waals surface area contributed by atoms with Crippen molar-refractivity contribution in [2.45, 2.75) is 26.2 Å². The lowest BCUT2D eigenvalue weighted by Gasteiger charge is -2.20. The highest BCUT2D eigenvalue weighted by atomic mass is 79.9. The summed E-state index contributed by atoms with van der Waals surface area (Å²) in [7, 11) is 0. The van der Waals surface area contributed by atoms with Crippen molar-refractivity contribution in [2.24, 2.45) is 0 Å². The van der Waals surface area contributed by atoms with Crippen LogP contribution in [0.1, 0.15) is 31.9 Å². The van der Waals surface area contributed by atoms with E-state index >= 15 is 0 Å². The highest BCUT2D eigenvalue weighted by molar-refractivity contribution is 9.10. The average molecular weight is 431 g/mol. The van der Waals surface area contributed by atoms with E-state index in [9.17, 15) is 5.11 Å². The Kier molecular flexibility index (Phi) is 6.73. The van der Waals surface area contributed by atoms with Gasteiger partial charge in [-0.25, -0.2) is 0 Å². The molecule has 1 N–H and O–H groups in total. The van der Waals surface area contributed by atoms with E-state index in [2.05, 4.69) is 48.6 Å². The van der Waals surface area contributed by atoms with Crippen LogP contribution >= 0.6 is 28.1 Å². The molecule has 0 atom stereocenters. The summed E-state index contributed by atoms with van der Waals surface area (Å²) in [6, 6.07) is 11.4. The molecule has 2 rings (SSSR count). The number of benzene rings is 1. The van der Waals surface area contributed by atoms with E-state index in [-0.39, 0.29) is 11.2 Å². The predicted octanol–water partition coefficient (Wildman–Crippen LogP) is 3.82. The number of hydrogen-bond donors (Lipinski definition) is 1. The van der Waals surface area contributed by atoms with Crippen LogP contribution in [0.2, 0.25) is 0 Å². The van der Waals surface area contributed by atoms with Gasteiger partial charge in [0.1, 0.15) is 0 Å². The van der Waals surface area contributed by atoms with Crippen molar-refractivity contribution in [3.05, 3.63) is 77.0 Å². The largest absolute Gasteiger partial charge is 0.867 e. The first-order valence-corrected chi connectivity index (χ1v) is 9.53. The highest BCUT2D eigenvalue weighted by Gasteiger charge is 2.21. The molecule has 0 fully saturated rings. The summed E-state index contributed by atoms with van der Waals surface area (Å²) in [5, 5.41) is 16.3. The van der Waals surface area contributed by atoms with Gasteiger partial charge in [0.15, 0.2) is 17.4 Å². The second-order valence-corrected chi connectivity index (χ2v) is 8.16. The fraction of sp³-hybridized carbons (Fsp3) is 0.238. The summed E-state index contributed by atoms with van der Waals surface area (Å²) in [6.07, 6.45) is 5.47. The van der Waals surface area contributed by atoms with Gasteiger partial charge in [-0.05, 0) is 28.4 Å². The summed E-state index contributed by atoms with van der Waals surface area (Å²) in [5.41, 5.74) is 2.20. The van der Waals surface area contributed by atoms with Gasteiger partial charge in [-0.2, -0.15) is 4.57 Å². The molecule has 0 radical (unpaired) electrons. The molecule has 3 nitrogen and oxygen atoms in total. The number of nitrogens with zero attached hydrogens (tertiary/aromatic N) is 1. The number of thiocarbonyl (C=S) groups is 1. The van der Waals surface area contributed by atoms with Crippen LogP contribution in [0.5, 0.6) is 0 Å². The molecule has 0 unspecified atom stereocenters. The van der Waals surface area contributed by atoms with Crippen LogP contribution < -0.4 is 15.0 Å². The molecule has 2 aromatic rings. The van der Waals surface area contributed by atoms with Gasteiger partial charge >= 0.3 is 0 Å². The Labute approximate surface area is 169 Å². The second kappa shape index (κ2) is 8.60. The zero-order valence-corrected chi connectivity index (χ0v) is 17.7. The van der Waals surface area contributed by atoms with E-state index in [0.717, 1.165) is 4.47 Å². The Balaban J connectivity index is 2.58. The van der Waals surface area contributed by atoms with Crippen molar-refractivity contribution < 1.29 is 9.67 Å². The van der Waals surface area contributed by atoms with E-state index in [1.54, 1.807) is 16.7 Å². The lowest BCUT2D eigenvalue weighted by Crippen LogP contribution is -2.42. The molecule has 0 aliphatic carbocycles. The Morgan fingerprint density at radius 2 is 1.85 bits per heavy atom. The van der Waals surface area contributed by atoms with Crippen molar-refractivity contribution in [3.63, 3.8) is 0 Å². The number of rotatable bonds is 5. The third-order valence-electron chi connectivity index (χ3n) is 3.91. The first-order chi connectivity index (χ1) is 12.3. The monoisotopic (exact) mass is 430 g/mol. The van der Waals surface area contributed by atoms with Crippen LogP contribution in [0.25, 0.3) is 11.5 Å². The summed E-state index contributed by atoms with van der Waals surface area (Å²) in [5.74, 6) is -0.146. The first-order valence-electron chi connectivity index (χ1n) is 8.33. The molecule has 0 aliphatic heterocycles. The molecule has 136 valence electrons. The molecule has 0 saturated heterocycles. The van der Waals surface area contributed by atoms with E-state index in [0.29, 0.717) is 22.8 Å². The van der Waals surface area contributed by atoms with Crippen LogP contribution in [-0.4, -0.2) is 11.5 Å². The van der Waals surface area contributed by atoms with Crippen molar-refractivity contribution in [2.75, 3.05) is 6.54 Å². The van der Waals surface area contributed by atoms with Gasteiger partial charge in [0, 0.05) is 23.2 Å². The summed E-state index contributed by atoms with van der Waals surface area (Å²) >= 11 is 8.95. The van der Waals surface area contributed by atoms with E-state index in [1.165, 1.54) is 5.56 Å². The fourth-order valence-electron chi connectivity index (χ4n) is 2.43. The molecular formula is C21H23BrN2OS. The van der Waals surface area contributed by atoms with Crippen LogP contribution in [0.15, 0.2) is 65.9 Å². The van der Waals surface area contributed by atoms with Gasteiger partial charge in [-0.3, -0.25) is 0 Å². The summed E-state index contributed by atoms with van der Waals surface area (Å²) in [4.78, 5) is 0.388. The maximum Gasteiger partial charge on any atom is 0.238 e. The molecule has 1 heterocycles. The summed E-state index contributed by atoms with van der Waals surface area (Å²) < 4.78 is 2.51. The van der Waals surface area contributed by atoms with Gasteiger partial charge in [-0.15, -0.1) is 6.58 Å². The zero-order chi connectivity index (χ0) is 19.3. The molecule has 5 heteroatoms. The van der Waals surface area contributed by atoms with E-state index in [1.807, 2.05) is 42.7 Å². The lowest BCUT2D eigenvalue weighted by molar-refractivity contribution is -0.578. The van der Waals surface area contributed by atoms with E-state index in [4.69, 9.17) is 12.2 Å². The Bertz CT molecular complexity index is 836. The van der Waals surface area contributed by atoms with Crippen LogP contribution in [0.3, 0.4) is 0 Å². The maximum absolute atomic E-state index is 13.2. The molecule has 0 aliphatic rings. The third-order valence-corrected chi connectivity index (χ3v) is 4.94. The number of pyridine rings is 1. The minimum atomic E-state index is -0.146. The lowest BCUT2D eigenvalue weighted by atomic mass is 9.88. The normalized spacial score (nSPS) is 12.3. The van der Waals surface area contributed by atoms with Gasteiger partial charge in [-0.1, -0.05) is 73.2 Å². The standard InChI is InChI=1S/C21H23BrN2OS/c1-5-12-23-20(26)18(19(25)16-8-6-7-9-17(16)22)24-13-10-15(11-14-24)21(2,3)4/h5-11,13-14H,1,12H2,2-4H3,(H-,23,25,26). The third kappa shape index (κ3) is 4.80. The zero-order valence-electron chi connectivity index (χ0n) is 15.3. The van der Waals surface area contributed by atoms with Crippen molar-refractivity contribution >= 4 is 44.6 Å². The fourth-order valence-corrected chi connectivity index (χ4v) is 3.18. The minimum absolute atomic E-state index is 0.0350. The Morgan fingerprint density at radius 1 is 1.23 bits per heavy atom. The average Bonchev–Trinajstić information content (AvgIpc) is 2.60. The van der Waals surface area contributed by atoms with Crippen molar-refractivity contribution in [1.82, 2.24) is 5.32 Å². The van der Waals surface area contributed by atoms with E-state index < -0.39 is 0 Å². The highest BCUT2D eigenvalue weighted by Crippen LogP contribution is 2.24. The van der Waals surface area contributed by atoms with Gasteiger partial charge in [0.2, 0.25) is 5.70 Å². The molecule has 0 amide bonds. The van der Waals surface area contributed by atoms with Crippen molar-refractivity contribution in [3.8, 4) is 0 Å². The number of hydrogen-bond acceptors (Lipinski definition) is 2. The smallest absolute Gasteiger partial charge is 0.238 e. The second-order valence-electron chi connectivity index (χ2n) is 6.90. The topological polar surface area (TPSA) is 39.0 Å². The quantitative estimate of drug-likeness (QED) is 0.257. The first kappa shape index (κ1) is 20.3. The molecule has 26 heavy (non-hydrogen) atoms. The number of halogens is 1. The van der Waals surface area contributed by atoms with Crippen LogP contribution in [-0.2, 0) is 5.41 Å². The molecule has 0 spiro atoms. The molecule has 1 aromatic carbocycles. The number of nitrogens with one attached hydrogen (secondary N) is 1. The van der Waals surface area contributed by atoms with Crippen LogP contribution in [0, 0.1) is 0 Å². The van der Waals surface area contributed by atoms with Gasteiger partial charge < -0.3 is 10.4 Å². The SMILES string of the molecule is C=CCNC(=S)/C(=C(\[O-])c1ccccc1Br)[n+]1ccc(C(C)(C)C)cc1. The van der Waals surface area contributed by atoms with Crippen molar-refractivity contribution in [1.29, 1.82) is 0 Å². The minimum Gasteiger partial charge on any atom is -0.867 e. The molecule has 0 saturated carbocycles. The Morgan fingerprint density at radius 3 is 2.38 bits per heavy atom.